The quantitative estimate of drug-likeness (QED) is 0.743. The van der Waals surface area contributed by atoms with Crippen LogP contribution in [0.15, 0.2) is 30.4 Å². The maximum absolute atomic E-state index is 12.2. The molecule has 0 atom stereocenters. The highest BCUT2D eigenvalue weighted by molar-refractivity contribution is 5.79. The normalized spacial score (nSPS) is 20.9. The van der Waals surface area contributed by atoms with E-state index in [4.69, 9.17) is 4.74 Å². The Hall–Kier alpha value is -1.97. The summed E-state index contributed by atoms with van der Waals surface area (Å²) in [6.07, 6.45) is 11.7. The number of carbonyl (C=O) groups excluding carboxylic acids is 1. The Kier molecular flexibility index (Phi) is 7.16. The molecular formula is C20H29NO3. The number of rotatable bonds is 7. The van der Waals surface area contributed by atoms with Gasteiger partial charge in [-0.15, -0.1) is 0 Å². The van der Waals surface area contributed by atoms with Gasteiger partial charge in [0.05, 0.1) is 13.5 Å². The molecule has 1 aliphatic rings. The van der Waals surface area contributed by atoms with Crippen LogP contribution in [-0.2, 0) is 11.2 Å². The number of aromatic hydroxyl groups is 1. The first-order valence-corrected chi connectivity index (χ1v) is 8.88. The second kappa shape index (κ2) is 9.36. The van der Waals surface area contributed by atoms with Gasteiger partial charge in [-0.2, -0.15) is 0 Å². The lowest BCUT2D eigenvalue weighted by atomic mass is 9.83. The van der Waals surface area contributed by atoms with Crippen molar-refractivity contribution in [3.8, 4) is 11.5 Å². The lowest BCUT2D eigenvalue weighted by Crippen LogP contribution is -2.38. The Morgan fingerprint density at radius 2 is 2.08 bits per heavy atom. The van der Waals surface area contributed by atoms with Gasteiger partial charge in [0.25, 0.3) is 0 Å². The lowest BCUT2D eigenvalue weighted by molar-refractivity contribution is -0.121. The highest BCUT2D eigenvalue weighted by Gasteiger charge is 2.22. The zero-order valence-corrected chi connectivity index (χ0v) is 14.8. The number of methoxy groups -OCH3 is 1. The molecule has 2 rings (SSSR count). The van der Waals surface area contributed by atoms with Crippen LogP contribution in [0.25, 0.3) is 0 Å². The minimum absolute atomic E-state index is 0.0418. The molecule has 1 fully saturated rings. The minimum atomic E-state index is 0.0418. The van der Waals surface area contributed by atoms with Crippen LogP contribution in [0, 0.1) is 5.92 Å². The third-order valence-corrected chi connectivity index (χ3v) is 4.80. The molecule has 24 heavy (non-hydrogen) atoms. The number of amides is 1. The molecule has 0 heterocycles. The molecule has 0 saturated heterocycles. The molecule has 132 valence electrons. The van der Waals surface area contributed by atoms with E-state index in [1.54, 1.807) is 18.2 Å². The lowest BCUT2D eigenvalue weighted by Gasteiger charge is -2.29. The van der Waals surface area contributed by atoms with Crippen LogP contribution in [0.5, 0.6) is 11.5 Å². The topological polar surface area (TPSA) is 58.6 Å². The van der Waals surface area contributed by atoms with Crippen molar-refractivity contribution in [3.63, 3.8) is 0 Å². The van der Waals surface area contributed by atoms with Crippen LogP contribution < -0.4 is 10.1 Å². The molecule has 1 aromatic rings. The molecule has 0 unspecified atom stereocenters. The first-order valence-electron chi connectivity index (χ1n) is 8.88. The first kappa shape index (κ1) is 18.4. The van der Waals surface area contributed by atoms with E-state index < -0.39 is 0 Å². The molecule has 4 heteroatoms. The van der Waals surface area contributed by atoms with Gasteiger partial charge in [0.15, 0.2) is 11.5 Å². The SMILES string of the molecule is CC=CCC[C@H]1CC[C@H](NC(=O)Cc2ccc(O)c(OC)c2)CC1. The maximum Gasteiger partial charge on any atom is 0.224 e. The maximum atomic E-state index is 12.2. The van der Waals surface area contributed by atoms with Crippen molar-refractivity contribution in [3.05, 3.63) is 35.9 Å². The third kappa shape index (κ3) is 5.59. The Bertz CT molecular complexity index is 560. The van der Waals surface area contributed by atoms with Gasteiger partial charge < -0.3 is 15.2 Å². The summed E-state index contributed by atoms with van der Waals surface area (Å²) < 4.78 is 5.08. The van der Waals surface area contributed by atoms with Gasteiger partial charge in [-0.3, -0.25) is 4.79 Å². The summed E-state index contributed by atoms with van der Waals surface area (Å²) in [6, 6.07) is 5.34. The van der Waals surface area contributed by atoms with E-state index in [1.807, 2.05) is 0 Å². The molecule has 0 aromatic heterocycles. The number of phenols is 1. The van der Waals surface area contributed by atoms with Gasteiger partial charge in [-0.05, 0) is 69.1 Å². The molecule has 0 aliphatic heterocycles. The number of benzene rings is 1. The number of hydrogen-bond acceptors (Lipinski definition) is 3. The summed E-state index contributed by atoms with van der Waals surface area (Å²) in [5.74, 6) is 1.34. The fourth-order valence-electron chi connectivity index (χ4n) is 3.39. The average molecular weight is 331 g/mol. The molecule has 1 aromatic carbocycles. The summed E-state index contributed by atoms with van der Waals surface area (Å²) in [5, 5.41) is 12.8. The van der Waals surface area contributed by atoms with Gasteiger partial charge in [0.1, 0.15) is 0 Å². The summed E-state index contributed by atoms with van der Waals surface area (Å²) in [7, 11) is 1.51. The van der Waals surface area contributed by atoms with E-state index in [0.717, 1.165) is 24.3 Å². The number of carbonyl (C=O) groups is 1. The molecule has 0 spiro atoms. The largest absolute Gasteiger partial charge is 0.504 e. The standard InChI is InChI=1S/C20H29NO3/c1-3-4-5-6-15-7-10-17(11-8-15)21-20(23)14-16-9-12-18(22)19(13-16)24-2/h3-4,9,12-13,15,17,22H,5-8,10-11,14H2,1-2H3,(H,21,23)/t15-,17-. The van der Waals surface area contributed by atoms with E-state index in [2.05, 4.69) is 24.4 Å². The van der Waals surface area contributed by atoms with Gasteiger partial charge >= 0.3 is 0 Å². The molecule has 0 bridgehead atoms. The van der Waals surface area contributed by atoms with Crippen molar-refractivity contribution in [2.75, 3.05) is 7.11 Å². The van der Waals surface area contributed by atoms with E-state index in [0.29, 0.717) is 18.2 Å². The molecule has 1 saturated carbocycles. The van der Waals surface area contributed by atoms with Crippen LogP contribution >= 0.6 is 0 Å². The van der Waals surface area contributed by atoms with Gasteiger partial charge in [0, 0.05) is 6.04 Å². The number of phenolic OH excluding ortho intramolecular Hbond substituents is 1. The second-order valence-corrected chi connectivity index (χ2v) is 6.61. The monoisotopic (exact) mass is 331 g/mol. The highest BCUT2D eigenvalue weighted by Crippen LogP contribution is 2.29. The average Bonchev–Trinajstić information content (AvgIpc) is 2.58. The number of ether oxygens (including phenoxy) is 1. The number of allylic oxidation sites excluding steroid dienone is 2. The first-order chi connectivity index (χ1) is 11.6. The van der Waals surface area contributed by atoms with E-state index >= 15 is 0 Å². The Morgan fingerprint density at radius 3 is 2.75 bits per heavy atom. The summed E-state index contributed by atoms with van der Waals surface area (Å²) in [5.41, 5.74) is 0.849. The predicted molar refractivity (Wildman–Crippen MR) is 96.3 cm³/mol. The van der Waals surface area contributed by atoms with Crippen LogP contribution in [0.3, 0.4) is 0 Å². The van der Waals surface area contributed by atoms with Gasteiger partial charge in [-0.25, -0.2) is 0 Å². The van der Waals surface area contributed by atoms with Crippen molar-refractivity contribution in [2.24, 2.45) is 5.92 Å². The Morgan fingerprint density at radius 1 is 1.33 bits per heavy atom. The van der Waals surface area contributed by atoms with Crippen LogP contribution in [0.4, 0.5) is 0 Å². The minimum Gasteiger partial charge on any atom is -0.504 e. The Labute approximate surface area is 144 Å². The fraction of sp³-hybridized carbons (Fsp3) is 0.550. The Balaban J connectivity index is 1.75. The predicted octanol–water partition coefficient (Wildman–Crippen LogP) is 3.97. The molecule has 0 radical (unpaired) electrons. The summed E-state index contributed by atoms with van der Waals surface area (Å²) >= 11 is 0. The third-order valence-electron chi connectivity index (χ3n) is 4.80. The summed E-state index contributed by atoms with van der Waals surface area (Å²) in [4.78, 5) is 12.2. The van der Waals surface area contributed by atoms with Crippen molar-refractivity contribution in [1.29, 1.82) is 0 Å². The number of nitrogens with one attached hydrogen (secondary N) is 1. The zero-order valence-electron chi connectivity index (χ0n) is 14.8. The number of hydrogen-bond donors (Lipinski definition) is 2. The molecule has 4 nitrogen and oxygen atoms in total. The van der Waals surface area contributed by atoms with Crippen molar-refractivity contribution in [1.82, 2.24) is 5.32 Å². The van der Waals surface area contributed by atoms with Crippen LogP contribution in [0.2, 0.25) is 0 Å². The van der Waals surface area contributed by atoms with E-state index in [-0.39, 0.29) is 11.7 Å². The van der Waals surface area contributed by atoms with E-state index in [1.165, 1.54) is 32.8 Å². The highest BCUT2D eigenvalue weighted by atomic mass is 16.5. The molecule has 1 amide bonds. The van der Waals surface area contributed by atoms with Gasteiger partial charge in [0.2, 0.25) is 5.91 Å². The van der Waals surface area contributed by atoms with Gasteiger partial charge in [-0.1, -0.05) is 18.2 Å². The summed E-state index contributed by atoms with van der Waals surface area (Å²) in [6.45, 7) is 2.07. The molecular weight excluding hydrogens is 302 g/mol. The second-order valence-electron chi connectivity index (χ2n) is 6.61. The van der Waals surface area contributed by atoms with Crippen molar-refractivity contribution >= 4 is 5.91 Å². The molecule has 2 N–H and O–H groups in total. The van der Waals surface area contributed by atoms with Crippen molar-refractivity contribution in [2.45, 2.75) is 57.9 Å². The smallest absolute Gasteiger partial charge is 0.224 e. The van der Waals surface area contributed by atoms with E-state index in [9.17, 15) is 9.90 Å². The zero-order chi connectivity index (χ0) is 17.4. The van der Waals surface area contributed by atoms with Crippen molar-refractivity contribution < 1.29 is 14.6 Å². The molecule has 1 aliphatic carbocycles. The van der Waals surface area contributed by atoms with Crippen LogP contribution in [0.1, 0.15) is 51.0 Å². The van der Waals surface area contributed by atoms with Crippen LogP contribution in [-0.4, -0.2) is 24.2 Å². The fourth-order valence-corrected chi connectivity index (χ4v) is 3.39.